The zero-order valence-corrected chi connectivity index (χ0v) is 11.9. The molecule has 3 nitrogen and oxygen atoms in total. The maximum Gasteiger partial charge on any atom is 0.265 e. The van der Waals surface area contributed by atoms with Crippen LogP contribution in [0.3, 0.4) is 0 Å². The van der Waals surface area contributed by atoms with Crippen molar-refractivity contribution in [2.45, 2.75) is 18.7 Å². The van der Waals surface area contributed by atoms with E-state index < -0.39 is 19.7 Å². The van der Waals surface area contributed by atoms with Gasteiger partial charge in [-0.15, -0.1) is 0 Å². The summed E-state index contributed by atoms with van der Waals surface area (Å²) < 4.78 is 22.2. The van der Waals surface area contributed by atoms with Crippen molar-refractivity contribution in [2.75, 3.05) is 0 Å². The predicted octanol–water partition coefficient (Wildman–Crippen LogP) is 3.76. The lowest BCUT2D eigenvalue weighted by Gasteiger charge is -2.02. The molecule has 0 aliphatic carbocycles. The first kappa shape index (κ1) is 15.0. The Balaban J connectivity index is 0.000000921. The van der Waals surface area contributed by atoms with Crippen molar-refractivity contribution in [3.05, 3.63) is 21.6 Å². The summed E-state index contributed by atoms with van der Waals surface area (Å²) in [6.07, 6.45) is 0. The fourth-order valence-corrected chi connectivity index (χ4v) is 2.71. The molecular weight excluding hydrogens is 327 g/mol. The Morgan fingerprint density at radius 1 is 1.33 bits per heavy atom. The van der Waals surface area contributed by atoms with E-state index in [1.54, 1.807) is 0 Å². The molecule has 86 valence electrons. The molecule has 0 saturated heterocycles. The normalized spacial score (nSPS) is 10.5. The van der Waals surface area contributed by atoms with Crippen LogP contribution >= 0.6 is 38.2 Å². The number of halogens is 3. The van der Waals surface area contributed by atoms with Crippen molar-refractivity contribution in [2.24, 2.45) is 0 Å². The summed E-state index contributed by atoms with van der Waals surface area (Å²) in [5.41, 5.74) is 0. The van der Waals surface area contributed by atoms with Gasteiger partial charge in [0.15, 0.2) is 5.75 Å². The summed E-state index contributed by atoms with van der Waals surface area (Å²) in [6.45, 7) is 4.00. The number of aromatic hydroxyl groups is 1. The second-order valence-corrected chi connectivity index (χ2v) is 6.03. The minimum Gasteiger partial charge on any atom is -0.505 e. The summed E-state index contributed by atoms with van der Waals surface area (Å²) in [5, 5.41) is 9.17. The standard InChI is InChI=1S/C6H3BrCl2O3S.C2H6/c7-3-1-4(8)6(10)5(2-3)13(9,11)12;1-2/h1-2,10H;1-2H3. The van der Waals surface area contributed by atoms with E-state index in [0.29, 0.717) is 4.47 Å². The third-order valence-corrected chi connectivity index (χ3v) is 3.34. The van der Waals surface area contributed by atoms with Gasteiger partial charge in [-0.2, -0.15) is 0 Å². The molecule has 0 saturated carbocycles. The highest BCUT2D eigenvalue weighted by Gasteiger charge is 2.18. The zero-order chi connectivity index (χ0) is 12.2. The van der Waals surface area contributed by atoms with Crippen LogP contribution in [0, 0.1) is 0 Å². The van der Waals surface area contributed by atoms with Crippen LogP contribution in [0.2, 0.25) is 5.02 Å². The fourth-order valence-electron chi connectivity index (χ4n) is 0.728. The predicted molar refractivity (Wildman–Crippen MR) is 65.2 cm³/mol. The van der Waals surface area contributed by atoms with E-state index in [2.05, 4.69) is 15.9 Å². The number of hydrogen-bond donors (Lipinski definition) is 1. The van der Waals surface area contributed by atoms with Crippen molar-refractivity contribution >= 4 is 47.3 Å². The van der Waals surface area contributed by atoms with Gasteiger partial charge in [-0.25, -0.2) is 8.42 Å². The molecule has 0 heterocycles. The highest BCUT2D eigenvalue weighted by molar-refractivity contribution is 9.10. The Morgan fingerprint density at radius 2 is 1.80 bits per heavy atom. The summed E-state index contributed by atoms with van der Waals surface area (Å²) in [7, 11) is 1.07. The van der Waals surface area contributed by atoms with Crippen LogP contribution in [0.25, 0.3) is 0 Å². The summed E-state index contributed by atoms with van der Waals surface area (Å²) in [6, 6.07) is 2.53. The van der Waals surface area contributed by atoms with Crippen LogP contribution < -0.4 is 0 Å². The number of rotatable bonds is 1. The van der Waals surface area contributed by atoms with Gasteiger partial charge in [0.2, 0.25) is 0 Å². The minimum atomic E-state index is -3.97. The monoisotopic (exact) mass is 334 g/mol. The molecule has 0 spiro atoms. The van der Waals surface area contributed by atoms with E-state index in [0.717, 1.165) is 0 Å². The Hall–Kier alpha value is 0.0300. The van der Waals surface area contributed by atoms with Gasteiger partial charge in [-0.3, -0.25) is 0 Å². The van der Waals surface area contributed by atoms with Crippen molar-refractivity contribution < 1.29 is 13.5 Å². The summed E-state index contributed by atoms with van der Waals surface area (Å²) in [4.78, 5) is -0.409. The first-order valence-electron chi connectivity index (χ1n) is 3.95. The smallest absolute Gasteiger partial charge is 0.265 e. The molecule has 1 rings (SSSR count). The van der Waals surface area contributed by atoms with Crippen LogP contribution in [0.1, 0.15) is 13.8 Å². The van der Waals surface area contributed by atoms with Crippen LogP contribution in [0.15, 0.2) is 21.5 Å². The van der Waals surface area contributed by atoms with Crippen LogP contribution in [-0.4, -0.2) is 13.5 Å². The fraction of sp³-hybridized carbons (Fsp3) is 0.250. The van der Waals surface area contributed by atoms with E-state index in [1.165, 1.54) is 12.1 Å². The Labute approximate surface area is 107 Å². The molecule has 0 aliphatic heterocycles. The molecule has 1 aromatic carbocycles. The Morgan fingerprint density at radius 3 is 2.20 bits per heavy atom. The van der Waals surface area contributed by atoms with Crippen molar-refractivity contribution in [3.8, 4) is 5.75 Å². The lowest BCUT2D eigenvalue weighted by molar-refractivity contribution is 0.459. The average molecular weight is 336 g/mol. The van der Waals surface area contributed by atoms with Crippen LogP contribution in [0.5, 0.6) is 5.75 Å². The molecule has 0 amide bonds. The quantitative estimate of drug-likeness (QED) is 0.795. The summed E-state index contributed by atoms with van der Waals surface area (Å²) >= 11 is 8.54. The van der Waals surface area contributed by atoms with Gasteiger partial charge in [-0.1, -0.05) is 41.4 Å². The first-order valence-corrected chi connectivity index (χ1v) is 7.43. The number of hydrogen-bond acceptors (Lipinski definition) is 3. The number of phenolic OH excluding ortho intramolecular Hbond substituents is 1. The number of phenols is 1. The van der Waals surface area contributed by atoms with Gasteiger partial charge in [0, 0.05) is 15.2 Å². The zero-order valence-electron chi connectivity index (χ0n) is 7.96. The molecule has 0 unspecified atom stereocenters. The van der Waals surface area contributed by atoms with Crippen LogP contribution in [-0.2, 0) is 9.05 Å². The lowest BCUT2D eigenvalue weighted by atomic mass is 10.3. The molecule has 0 fully saturated rings. The average Bonchev–Trinajstić information content (AvgIpc) is 2.13. The van der Waals surface area contributed by atoms with Crippen LogP contribution in [0.4, 0.5) is 0 Å². The number of benzene rings is 1. The second-order valence-electron chi connectivity index (χ2n) is 2.17. The van der Waals surface area contributed by atoms with E-state index >= 15 is 0 Å². The van der Waals surface area contributed by atoms with E-state index in [4.69, 9.17) is 22.3 Å². The van der Waals surface area contributed by atoms with Gasteiger partial charge < -0.3 is 5.11 Å². The summed E-state index contributed by atoms with van der Waals surface area (Å²) in [5.74, 6) is -0.542. The topological polar surface area (TPSA) is 54.4 Å². The third kappa shape index (κ3) is 4.18. The van der Waals surface area contributed by atoms with Crippen molar-refractivity contribution in [3.63, 3.8) is 0 Å². The maximum absolute atomic E-state index is 10.9. The van der Waals surface area contributed by atoms with E-state index in [9.17, 15) is 13.5 Å². The first-order chi connectivity index (χ1) is 6.82. The maximum atomic E-state index is 10.9. The SMILES string of the molecule is CC.O=S(=O)(Cl)c1cc(Br)cc(Cl)c1O. The molecule has 0 atom stereocenters. The molecule has 0 bridgehead atoms. The van der Waals surface area contributed by atoms with Gasteiger partial charge in [-0.05, 0) is 12.1 Å². The molecule has 0 radical (unpaired) electrons. The highest BCUT2D eigenvalue weighted by atomic mass is 79.9. The van der Waals surface area contributed by atoms with Crippen molar-refractivity contribution in [1.29, 1.82) is 0 Å². The Kier molecular flexibility index (Phi) is 5.95. The highest BCUT2D eigenvalue weighted by Crippen LogP contribution is 2.35. The molecule has 1 aromatic rings. The molecule has 0 aliphatic rings. The molecule has 7 heteroatoms. The Bertz CT molecular complexity index is 445. The molecular formula is C8H9BrCl2O3S. The van der Waals surface area contributed by atoms with Crippen molar-refractivity contribution in [1.82, 2.24) is 0 Å². The third-order valence-electron chi connectivity index (χ3n) is 1.26. The van der Waals surface area contributed by atoms with E-state index in [-0.39, 0.29) is 5.02 Å². The molecule has 1 N–H and O–H groups in total. The molecule has 15 heavy (non-hydrogen) atoms. The van der Waals surface area contributed by atoms with Gasteiger partial charge in [0.05, 0.1) is 5.02 Å². The largest absolute Gasteiger partial charge is 0.505 e. The second kappa shape index (κ2) is 5.94. The van der Waals surface area contributed by atoms with E-state index in [1.807, 2.05) is 13.8 Å². The van der Waals surface area contributed by atoms with Gasteiger partial charge in [0.25, 0.3) is 9.05 Å². The lowest BCUT2D eigenvalue weighted by Crippen LogP contribution is -1.91. The minimum absolute atomic E-state index is 0.0754. The van der Waals surface area contributed by atoms with Gasteiger partial charge in [0.1, 0.15) is 4.90 Å². The molecule has 0 aromatic heterocycles. The van der Waals surface area contributed by atoms with Gasteiger partial charge >= 0.3 is 0 Å².